The standard InChI is InChI=1S/C18H22N2OS/c1-13(12-21)19-17-20-18(2,9-10-22-17)16-8-7-14-5-3-4-6-15(14)11-16/h3-8,11,13,21H,9-10,12H2,1-2H3,(H,19,20). The first-order valence-electron chi connectivity index (χ1n) is 7.70. The minimum atomic E-state index is -0.108. The number of nitrogens with zero attached hydrogens (tertiary/aromatic N) is 1. The van der Waals surface area contributed by atoms with E-state index >= 15 is 0 Å². The zero-order valence-corrected chi connectivity index (χ0v) is 13.9. The highest BCUT2D eigenvalue weighted by Gasteiger charge is 2.31. The van der Waals surface area contributed by atoms with Crippen LogP contribution >= 0.6 is 11.8 Å². The van der Waals surface area contributed by atoms with Crippen molar-refractivity contribution < 1.29 is 5.11 Å². The number of amidine groups is 1. The highest BCUT2D eigenvalue weighted by molar-refractivity contribution is 8.13. The molecule has 1 aliphatic heterocycles. The van der Waals surface area contributed by atoms with Gasteiger partial charge < -0.3 is 10.4 Å². The van der Waals surface area contributed by atoms with Gasteiger partial charge in [0.15, 0.2) is 5.17 Å². The lowest BCUT2D eigenvalue weighted by Crippen LogP contribution is -2.46. The number of fused-ring (bicyclic) bond motifs is 1. The average molecular weight is 314 g/mol. The Bertz CT molecular complexity index is 700. The first kappa shape index (κ1) is 15.4. The quantitative estimate of drug-likeness (QED) is 0.911. The summed E-state index contributed by atoms with van der Waals surface area (Å²) in [4.78, 5) is 4.56. The summed E-state index contributed by atoms with van der Waals surface area (Å²) in [5, 5.41) is 16.2. The zero-order valence-electron chi connectivity index (χ0n) is 13.0. The summed E-state index contributed by atoms with van der Waals surface area (Å²) in [5.41, 5.74) is 1.18. The molecular weight excluding hydrogens is 292 g/mol. The van der Waals surface area contributed by atoms with Gasteiger partial charge in [0.2, 0.25) is 0 Å². The lowest BCUT2D eigenvalue weighted by molar-refractivity contribution is 0.274. The molecule has 0 amide bonds. The second-order valence-corrected chi connectivity index (χ2v) is 7.17. The van der Waals surface area contributed by atoms with Crippen molar-refractivity contribution in [3.05, 3.63) is 48.0 Å². The molecule has 2 N–H and O–H groups in total. The van der Waals surface area contributed by atoms with Crippen LogP contribution in [0.15, 0.2) is 47.5 Å². The summed E-state index contributed by atoms with van der Waals surface area (Å²) < 4.78 is 0. The number of aliphatic imine (C=N–C) groups is 1. The lowest BCUT2D eigenvalue weighted by atomic mass is 9.88. The van der Waals surface area contributed by atoms with Gasteiger partial charge in [0.05, 0.1) is 18.2 Å². The van der Waals surface area contributed by atoms with E-state index in [-0.39, 0.29) is 18.2 Å². The molecule has 3 rings (SSSR count). The monoisotopic (exact) mass is 314 g/mol. The van der Waals surface area contributed by atoms with Crippen LogP contribution in [0.3, 0.4) is 0 Å². The fraction of sp³-hybridized carbons (Fsp3) is 0.389. The van der Waals surface area contributed by atoms with E-state index in [0.717, 1.165) is 17.3 Å². The number of rotatable bonds is 3. The molecule has 1 heterocycles. The fourth-order valence-corrected chi connectivity index (χ4v) is 4.00. The molecule has 2 unspecified atom stereocenters. The van der Waals surface area contributed by atoms with Crippen LogP contribution in [-0.4, -0.2) is 28.7 Å². The SMILES string of the molecule is CC(CO)N=C1NC(C)(c2ccc3ccccc3c2)CCS1. The molecule has 0 aliphatic carbocycles. The van der Waals surface area contributed by atoms with E-state index in [0.29, 0.717) is 0 Å². The minimum absolute atomic E-state index is 0.0612. The van der Waals surface area contributed by atoms with Crippen molar-refractivity contribution in [3.63, 3.8) is 0 Å². The Kier molecular flexibility index (Phi) is 4.41. The molecule has 0 bridgehead atoms. The van der Waals surface area contributed by atoms with Gasteiger partial charge in [0, 0.05) is 5.75 Å². The molecule has 22 heavy (non-hydrogen) atoms. The van der Waals surface area contributed by atoms with Gasteiger partial charge in [-0.05, 0) is 42.7 Å². The Labute approximate surface area is 135 Å². The minimum Gasteiger partial charge on any atom is -0.394 e. The van der Waals surface area contributed by atoms with Crippen LogP contribution in [0.25, 0.3) is 10.8 Å². The van der Waals surface area contributed by atoms with Crippen LogP contribution in [0, 0.1) is 0 Å². The van der Waals surface area contributed by atoms with Crippen molar-refractivity contribution in [1.29, 1.82) is 0 Å². The maximum atomic E-state index is 9.19. The lowest BCUT2D eigenvalue weighted by Gasteiger charge is -2.37. The molecule has 3 nitrogen and oxygen atoms in total. The molecule has 0 saturated carbocycles. The summed E-state index contributed by atoms with van der Waals surface area (Å²) in [6.45, 7) is 4.24. The van der Waals surface area contributed by atoms with E-state index in [2.05, 4.69) is 59.7 Å². The average Bonchev–Trinajstić information content (AvgIpc) is 2.54. The molecule has 2 atom stereocenters. The molecule has 1 fully saturated rings. The predicted molar refractivity (Wildman–Crippen MR) is 95.5 cm³/mol. The van der Waals surface area contributed by atoms with Crippen molar-refractivity contribution in [3.8, 4) is 0 Å². The Morgan fingerprint density at radius 1 is 1.27 bits per heavy atom. The van der Waals surface area contributed by atoms with Crippen LogP contribution in [0.4, 0.5) is 0 Å². The van der Waals surface area contributed by atoms with Gasteiger partial charge in [0.25, 0.3) is 0 Å². The second kappa shape index (κ2) is 6.31. The van der Waals surface area contributed by atoms with Crippen molar-refractivity contribution in [2.75, 3.05) is 12.4 Å². The van der Waals surface area contributed by atoms with E-state index in [1.165, 1.54) is 16.3 Å². The maximum absolute atomic E-state index is 9.19. The normalized spacial score (nSPS) is 25.1. The van der Waals surface area contributed by atoms with Crippen molar-refractivity contribution >= 4 is 27.7 Å². The summed E-state index contributed by atoms with van der Waals surface area (Å²) in [6, 6.07) is 15.0. The highest BCUT2D eigenvalue weighted by atomic mass is 32.2. The number of aliphatic hydroxyl groups is 1. The van der Waals surface area contributed by atoms with E-state index in [1.807, 2.05) is 6.92 Å². The van der Waals surface area contributed by atoms with Crippen molar-refractivity contribution in [2.24, 2.45) is 4.99 Å². The van der Waals surface area contributed by atoms with Crippen LogP contribution in [0.2, 0.25) is 0 Å². The van der Waals surface area contributed by atoms with E-state index in [9.17, 15) is 5.11 Å². The third kappa shape index (κ3) is 3.13. The summed E-state index contributed by atoms with van der Waals surface area (Å²) in [5.74, 6) is 1.04. The Hall–Kier alpha value is -1.52. The van der Waals surface area contributed by atoms with Crippen LogP contribution in [0.1, 0.15) is 25.8 Å². The number of hydrogen-bond acceptors (Lipinski definition) is 3. The summed E-state index contributed by atoms with van der Waals surface area (Å²) in [6.07, 6.45) is 1.06. The van der Waals surface area contributed by atoms with Crippen molar-refractivity contribution in [1.82, 2.24) is 5.32 Å². The van der Waals surface area contributed by atoms with Gasteiger partial charge in [-0.2, -0.15) is 0 Å². The largest absolute Gasteiger partial charge is 0.394 e. The smallest absolute Gasteiger partial charge is 0.157 e. The Balaban J connectivity index is 1.92. The van der Waals surface area contributed by atoms with E-state index in [1.54, 1.807) is 11.8 Å². The first-order valence-corrected chi connectivity index (χ1v) is 8.68. The number of hydrogen-bond donors (Lipinski definition) is 2. The second-order valence-electron chi connectivity index (χ2n) is 6.08. The number of benzene rings is 2. The number of aliphatic hydroxyl groups excluding tert-OH is 1. The highest BCUT2D eigenvalue weighted by Crippen LogP contribution is 2.33. The third-order valence-electron chi connectivity index (χ3n) is 4.21. The molecule has 2 aromatic rings. The topological polar surface area (TPSA) is 44.6 Å². The van der Waals surface area contributed by atoms with Crippen LogP contribution in [0.5, 0.6) is 0 Å². The maximum Gasteiger partial charge on any atom is 0.157 e. The molecule has 0 spiro atoms. The number of thioether (sulfide) groups is 1. The van der Waals surface area contributed by atoms with Crippen molar-refractivity contribution in [2.45, 2.75) is 31.8 Å². The molecule has 1 saturated heterocycles. The molecule has 0 radical (unpaired) electrons. The van der Waals surface area contributed by atoms with Crippen LogP contribution < -0.4 is 5.32 Å². The van der Waals surface area contributed by atoms with Crippen LogP contribution in [-0.2, 0) is 5.54 Å². The van der Waals surface area contributed by atoms with Gasteiger partial charge in [0.1, 0.15) is 0 Å². The molecule has 1 aliphatic rings. The predicted octanol–water partition coefficient (Wildman–Crippen LogP) is 3.52. The zero-order chi connectivity index (χ0) is 15.6. The molecule has 4 heteroatoms. The summed E-state index contributed by atoms with van der Waals surface area (Å²) >= 11 is 1.74. The molecule has 2 aromatic carbocycles. The third-order valence-corrected chi connectivity index (χ3v) is 5.10. The molecule has 116 valence electrons. The van der Waals surface area contributed by atoms with Gasteiger partial charge in [-0.15, -0.1) is 0 Å². The van der Waals surface area contributed by atoms with E-state index < -0.39 is 0 Å². The van der Waals surface area contributed by atoms with Gasteiger partial charge >= 0.3 is 0 Å². The van der Waals surface area contributed by atoms with Gasteiger partial charge in [-0.3, -0.25) is 4.99 Å². The van der Waals surface area contributed by atoms with Gasteiger partial charge in [-0.25, -0.2) is 0 Å². The summed E-state index contributed by atoms with van der Waals surface area (Å²) in [7, 11) is 0. The van der Waals surface area contributed by atoms with E-state index in [4.69, 9.17) is 0 Å². The Morgan fingerprint density at radius 2 is 2.05 bits per heavy atom. The fourth-order valence-electron chi connectivity index (χ4n) is 2.75. The first-order chi connectivity index (χ1) is 10.6. The Morgan fingerprint density at radius 3 is 2.82 bits per heavy atom. The van der Waals surface area contributed by atoms with Gasteiger partial charge in [-0.1, -0.05) is 48.2 Å². The molecule has 0 aromatic heterocycles. The molecular formula is C18H22N2OS. The number of nitrogens with one attached hydrogen (secondary N) is 1.